The van der Waals surface area contributed by atoms with Gasteiger partial charge in [-0.05, 0) is 30.7 Å². The summed E-state index contributed by atoms with van der Waals surface area (Å²) in [5.41, 5.74) is 0. The predicted molar refractivity (Wildman–Crippen MR) is 74.4 cm³/mol. The summed E-state index contributed by atoms with van der Waals surface area (Å²) in [6, 6.07) is 6.18. The Bertz CT molecular complexity index is 399. The van der Waals surface area contributed by atoms with Crippen molar-refractivity contribution < 1.29 is 19.0 Å². The van der Waals surface area contributed by atoms with E-state index in [1.165, 1.54) is 12.1 Å². The molecule has 1 aromatic carbocycles. The number of β-amino-alcohol motifs (C(OH)–C–C–N with tert-alkyl or cyclic N) is 1. The average Bonchev–Trinajstić information content (AvgIpc) is 2.47. The van der Waals surface area contributed by atoms with Crippen LogP contribution in [0.3, 0.4) is 0 Å². The van der Waals surface area contributed by atoms with Crippen molar-refractivity contribution in [3.63, 3.8) is 0 Å². The summed E-state index contributed by atoms with van der Waals surface area (Å²) < 4.78 is 23.6. The molecule has 0 aromatic heterocycles. The molecule has 0 amide bonds. The van der Waals surface area contributed by atoms with E-state index in [-0.39, 0.29) is 12.4 Å². The number of benzene rings is 1. The minimum atomic E-state index is -0.563. The number of nitrogens with zero attached hydrogens (tertiary/aromatic N) is 1. The molecule has 1 fully saturated rings. The lowest BCUT2D eigenvalue weighted by atomic mass is 10.1. The zero-order chi connectivity index (χ0) is 14.4. The third kappa shape index (κ3) is 4.44. The first-order valence-electron chi connectivity index (χ1n) is 7.07. The van der Waals surface area contributed by atoms with Gasteiger partial charge in [-0.2, -0.15) is 0 Å². The van der Waals surface area contributed by atoms with Gasteiger partial charge < -0.3 is 14.6 Å². The number of hydrogen-bond donors (Lipinski definition) is 1. The minimum absolute atomic E-state index is 0.208. The standard InChI is InChI=1S/C15H22FNO3/c1-2-13-10-19-8-7-17(13)9-14(18)11-20-15-5-3-12(16)4-6-15/h3-6,13-14,18H,2,7-11H2,1H3. The van der Waals surface area contributed by atoms with E-state index in [0.717, 1.165) is 19.6 Å². The molecule has 0 radical (unpaired) electrons. The first-order chi connectivity index (χ1) is 9.69. The number of halogens is 1. The lowest BCUT2D eigenvalue weighted by molar-refractivity contribution is -0.0333. The molecule has 0 bridgehead atoms. The third-order valence-corrected chi connectivity index (χ3v) is 3.52. The summed E-state index contributed by atoms with van der Waals surface area (Å²) in [5.74, 6) is 0.275. The van der Waals surface area contributed by atoms with Crippen LogP contribution in [0.1, 0.15) is 13.3 Å². The van der Waals surface area contributed by atoms with Crippen molar-refractivity contribution in [3.8, 4) is 5.75 Å². The number of aliphatic hydroxyl groups excluding tert-OH is 1. The minimum Gasteiger partial charge on any atom is -0.491 e. The van der Waals surface area contributed by atoms with Crippen molar-refractivity contribution in [1.82, 2.24) is 4.90 Å². The molecule has 2 atom stereocenters. The van der Waals surface area contributed by atoms with E-state index in [1.54, 1.807) is 12.1 Å². The predicted octanol–water partition coefficient (Wildman–Crippen LogP) is 1.68. The molecule has 2 unspecified atom stereocenters. The Morgan fingerprint density at radius 2 is 2.20 bits per heavy atom. The van der Waals surface area contributed by atoms with E-state index in [9.17, 15) is 9.50 Å². The van der Waals surface area contributed by atoms with Gasteiger partial charge in [0.15, 0.2) is 0 Å². The van der Waals surface area contributed by atoms with Crippen LogP contribution in [0.5, 0.6) is 5.75 Å². The lowest BCUT2D eigenvalue weighted by Crippen LogP contribution is -2.49. The highest BCUT2D eigenvalue weighted by Crippen LogP contribution is 2.13. The average molecular weight is 283 g/mol. The summed E-state index contributed by atoms with van der Waals surface area (Å²) in [6.45, 7) is 5.17. The van der Waals surface area contributed by atoms with Crippen LogP contribution in [0, 0.1) is 5.82 Å². The quantitative estimate of drug-likeness (QED) is 0.862. The van der Waals surface area contributed by atoms with Crippen LogP contribution in [0.15, 0.2) is 24.3 Å². The fourth-order valence-corrected chi connectivity index (χ4v) is 2.35. The molecule has 1 saturated heterocycles. The highest BCUT2D eigenvalue weighted by molar-refractivity contribution is 5.22. The first-order valence-corrected chi connectivity index (χ1v) is 7.07. The van der Waals surface area contributed by atoms with Crippen LogP contribution < -0.4 is 4.74 Å². The van der Waals surface area contributed by atoms with E-state index in [4.69, 9.17) is 9.47 Å². The third-order valence-electron chi connectivity index (χ3n) is 3.52. The van der Waals surface area contributed by atoms with Gasteiger partial charge in [0.25, 0.3) is 0 Å². The molecule has 2 rings (SSSR count). The van der Waals surface area contributed by atoms with Gasteiger partial charge >= 0.3 is 0 Å². The highest BCUT2D eigenvalue weighted by Gasteiger charge is 2.23. The van der Waals surface area contributed by atoms with E-state index >= 15 is 0 Å². The number of hydrogen-bond acceptors (Lipinski definition) is 4. The largest absolute Gasteiger partial charge is 0.491 e. The monoisotopic (exact) mass is 283 g/mol. The van der Waals surface area contributed by atoms with Crippen LogP contribution in [0.2, 0.25) is 0 Å². The Morgan fingerprint density at radius 3 is 2.90 bits per heavy atom. The van der Waals surface area contributed by atoms with E-state index in [0.29, 0.717) is 24.9 Å². The Balaban J connectivity index is 1.76. The molecule has 1 aliphatic rings. The van der Waals surface area contributed by atoms with Gasteiger partial charge in [0, 0.05) is 19.1 Å². The molecule has 5 heteroatoms. The maximum absolute atomic E-state index is 12.8. The molecule has 1 N–H and O–H groups in total. The van der Waals surface area contributed by atoms with E-state index in [1.807, 2.05) is 0 Å². The van der Waals surface area contributed by atoms with Gasteiger partial charge in [-0.15, -0.1) is 0 Å². The topological polar surface area (TPSA) is 41.9 Å². The fraction of sp³-hybridized carbons (Fsp3) is 0.600. The van der Waals surface area contributed by atoms with Crippen LogP contribution in [0.25, 0.3) is 0 Å². The van der Waals surface area contributed by atoms with Gasteiger partial charge in [-0.25, -0.2) is 4.39 Å². The van der Waals surface area contributed by atoms with Crippen molar-refractivity contribution in [1.29, 1.82) is 0 Å². The molecule has 0 spiro atoms. The van der Waals surface area contributed by atoms with Gasteiger partial charge in [0.05, 0.1) is 13.2 Å². The molecule has 20 heavy (non-hydrogen) atoms. The molecule has 1 heterocycles. The second-order valence-corrected chi connectivity index (χ2v) is 5.05. The molecule has 4 nitrogen and oxygen atoms in total. The summed E-state index contributed by atoms with van der Waals surface area (Å²) in [6.07, 6.45) is 0.443. The fourth-order valence-electron chi connectivity index (χ4n) is 2.35. The molecular weight excluding hydrogens is 261 g/mol. The zero-order valence-electron chi connectivity index (χ0n) is 11.8. The van der Waals surface area contributed by atoms with Gasteiger partial charge in [-0.1, -0.05) is 6.92 Å². The zero-order valence-corrected chi connectivity index (χ0v) is 11.8. The normalized spacial score (nSPS) is 21.6. The second kappa shape index (κ2) is 7.57. The van der Waals surface area contributed by atoms with Gasteiger partial charge in [0.2, 0.25) is 0 Å². The molecule has 0 aliphatic carbocycles. The van der Waals surface area contributed by atoms with Crippen LogP contribution in [0.4, 0.5) is 4.39 Å². The smallest absolute Gasteiger partial charge is 0.123 e. The number of ether oxygens (including phenoxy) is 2. The maximum atomic E-state index is 12.8. The summed E-state index contributed by atoms with van der Waals surface area (Å²) in [7, 11) is 0. The van der Waals surface area contributed by atoms with Crippen molar-refractivity contribution in [2.75, 3.05) is 32.9 Å². The number of aliphatic hydroxyl groups is 1. The first kappa shape index (κ1) is 15.2. The summed E-state index contributed by atoms with van der Waals surface area (Å²) >= 11 is 0. The van der Waals surface area contributed by atoms with Crippen LogP contribution in [-0.2, 0) is 4.74 Å². The molecule has 1 aromatic rings. The van der Waals surface area contributed by atoms with Gasteiger partial charge in [0.1, 0.15) is 24.3 Å². The lowest BCUT2D eigenvalue weighted by Gasteiger charge is -2.36. The molecule has 0 saturated carbocycles. The Hall–Kier alpha value is -1.17. The molecule has 112 valence electrons. The Kier molecular flexibility index (Phi) is 5.76. The van der Waals surface area contributed by atoms with Crippen LogP contribution in [-0.4, -0.2) is 55.1 Å². The van der Waals surface area contributed by atoms with Crippen molar-refractivity contribution >= 4 is 0 Å². The van der Waals surface area contributed by atoms with Crippen molar-refractivity contribution in [3.05, 3.63) is 30.1 Å². The number of morpholine rings is 1. The maximum Gasteiger partial charge on any atom is 0.123 e. The van der Waals surface area contributed by atoms with Crippen molar-refractivity contribution in [2.24, 2.45) is 0 Å². The van der Waals surface area contributed by atoms with Crippen LogP contribution >= 0.6 is 0 Å². The summed E-state index contributed by atoms with van der Waals surface area (Å²) in [4.78, 5) is 2.24. The van der Waals surface area contributed by atoms with Crippen molar-refractivity contribution in [2.45, 2.75) is 25.5 Å². The number of rotatable bonds is 6. The Labute approximate surface area is 119 Å². The molecular formula is C15H22FNO3. The highest BCUT2D eigenvalue weighted by atomic mass is 19.1. The van der Waals surface area contributed by atoms with E-state index in [2.05, 4.69) is 11.8 Å². The van der Waals surface area contributed by atoms with E-state index < -0.39 is 6.10 Å². The Morgan fingerprint density at radius 1 is 1.45 bits per heavy atom. The van der Waals surface area contributed by atoms with Gasteiger partial charge in [-0.3, -0.25) is 4.90 Å². The summed E-state index contributed by atoms with van der Waals surface area (Å²) in [5, 5.41) is 10.0. The SMILES string of the molecule is CCC1COCCN1CC(O)COc1ccc(F)cc1. The molecule has 1 aliphatic heterocycles. The second-order valence-electron chi connectivity index (χ2n) is 5.05.